The molecule has 0 aliphatic carbocycles. The summed E-state index contributed by atoms with van der Waals surface area (Å²) >= 11 is 0. The summed E-state index contributed by atoms with van der Waals surface area (Å²) in [6.07, 6.45) is 0.731. The maximum atomic E-state index is 8.94. The van der Waals surface area contributed by atoms with Gasteiger partial charge in [-0.15, -0.1) is 0 Å². The molecule has 5 nitrogen and oxygen atoms in total. The molecule has 0 bridgehead atoms. The molecular formula is C8H10N2O3. The normalized spacial score (nSPS) is 16.5. The molecule has 2 rings (SSSR count). The highest BCUT2D eigenvalue weighted by Gasteiger charge is 2.20. The van der Waals surface area contributed by atoms with Gasteiger partial charge in [-0.2, -0.15) is 4.98 Å². The largest absolute Gasteiger partial charge is 0.495 e. The quantitative estimate of drug-likeness (QED) is 0.721. The van der Waals surface area contributed by atoms with Gasteiger partial charge >= 0.3 is 0 Å². The second-order valence-electron chi connectivity index (χ2n) is 2.80. The fourth-order valence-corrected chi connectivity index (χ4v) is 1.30. The molecule has 1 aliphatic heterocycles. The molecule has 1 aliphatic rings. The Morgan fingerprint density at radius 2 is 2.38 bits per heavy atom. The summed E-state index contributed by atoms with van der Waals surface area (Å²) in [4.78, 5) is 4.06. The first-order valence-corrected chi connectivity index (χ1v) is 4.07. The van der Waals surface area contributed by atoms with Crippen LogP contribution in [0.25, 0.3) is 5.57 Å². The maximum absolute atomic E-state index is 8.94. The third kappa shape index (κ3) is 1.42. The fourth-order valence-electron chi connectivity index (χ4n) is 1.30. The van der Waals surface area contributed by atoms with Gasteiger partial charge < -0.3 is 14.4 Å². The van der Waals surface area contributed by atoms with Gasteiger partial charge in [-0.1, -0.05) is 5.16 Å². The smallest absolute Gasteiger partial charge is 0.223 e. The van der Waals surface area contributed by atoms with Crippen molar-refractivity contribution in [1.29, 1.82) is 0 Å². The van der Waals surface area contributed by atoms with Gasteiger partial charge in [0.25, 0.3) is 0 Å². The van der Waals surface area contributed by atoms with Crippen molar-refractivity contribution in [3.8, 4) is 0 Å². The van der Waals surface area contributed by atoms with Gasteiger partial charge in [0.1, 0.15) is 12.4 Å². The van der Waals surface area contributed by atoms with Crippen LogP contribution in [0.15, 0.2) is 10.3 Å². The Balaban J connectivity index is 2.34. The Morgan fingerprint density at radius 3 is 3.00 bits per heavy atom. The lowest BCUT2D eigenvalue weighted by Crippen LogP contribution is -1.93. The molecule has 1 aromatic heterocycles. The van der Waals surface area contributed by atoms with Crippen molar-refractivity contribution < 1.29 is 14.4 Å². The summed E-state index contributed by atoms with van der Waals surface area (Å²) in [5, 5.41) is 12.7. The number of aromatic nitrogens is 2. The van der Waals surface area contributed by atoms with E-state index in [2.05, 4.69) is 10.1 Å². The zero-order chi connectivity index (χ0) is 9.26. The monoisotopic (exact) mass is 182 g/mol. The molecule has 5 heteroatoms. The minimum absolute atomic E-state index is 0.108. The molecule has 1 aromatic rings. The first kappa shape index (κ1) is 8.25. The van der Waals surface area contributed by atoms with Gasteiger partial charge in [0.05, 0.1) is 6.61 Å². The predicted octanol–water partition coefficient (Wildman–Crippen LogP) is 0.502. The molecule has 0 spiro atoms. The van der Waals surface area contributed by atoms with Crippen LogP contribution in [0.5, 0.6) is 0 Å². The SMILES string of the molecule is Cc1nc(C2=C(CO)OCC2)no1. The standard InChI is InChI=1S/C8H10N2O3/c1-5-9-8(10-13-5)6-2-3-12-7(6)4-11/h11H,2-4H2,1H3. The third-order valence-electron chi connectivity index (χ3n) is 1.91. The number of aryl methyl sites for hydroxylation is 1. The van der Waals surface area contributed by atoms with Crippen molar-refractivity contribution in [2.24, 2.45) is 0 Å². The summed E-state index contributed by atoms with van der Waals surface area (Å²) < 4.78 is 10.0. The van der Waals surface area contributed by atoms with Crippen molar-refractivity contribution in [3.05, 3.63) is 17.5 Å². The lowest BCUT2D eigenvalue weighted by molar-refractivity contribution is 0.185. The first-order chi connectivity index (χ1) is 6.31. The molecule has 0 unspecified atom stereocenters. The minimum Gasteiger partial charge on any atom is -0.495 e. The van der Waals surface area contributed by atoms with E-state index in [1.165, 1.54) is 0 Å². The van der Waals surface area contributed by atoms with Crippen molar-refractivity contribution in [2.75, 3.05) is 13.2 Å². The fraction of sp³-hybridized carbons (Fsp3) is 0.500. The number of ether oxygens (including phenoxy) is 1. The zero-order valence-corrected chi connectivity index (χ0v) is 7.28. The molecule has 0 amide bonds. The Kier molecular flexibility index (Phi) is 2.02. The highest BCUT2D eigenvalue weighted by atomic mass is 16.5. The molecule has 70 valence electrons. The average Bonchev–Trinajstić information content (AvgIpc) is 2.71. The Labute approximate surface area is 75.0 Å². The summed E-state index contributed by atoms with van der Waals surface area (Å²) in [5.74, 6) is 1.60. The summed E-state index contributed by atoms with van der Waals surface area (Å²) in [5.41, 5.74) is 0.847. The van der Waals surface area contributed by atoms with E-state index in [9.17, 15) is 0 Å². The molecule has 0 atom stereocenters. The van der Waals surface area contributed by atoms with Gasteiger partial charge in [-0.3, -0.25) is 0 Å². The highest BCUT2D eigenvalue weighted by Crippen LogP contribution is 2.26. The number of hydrogen-bond donors (Lipinski definition) is 1. The molecular weight excluding hydrogens is 172 g/mol. The predicted molar refractivity (Wildman–Crippen MR) is 43.6 cm³/mol. The third-order valence-corrected chi connectivity index (χ3v) is 1.91. The molecule has 0 fully saturated rings. The first-order valence-electron chi connectivity index (χ1n) is 4.07. The second kappa shape index (κ2) is 3.18. The number of rotatable bonds is 2. The topological polar surface area (TPSA) is 68.4 Å². The zero-order valence-electron chi connectivity index (χ0n) is 7.28. The highest BCUT2D eigenvalue weighted by molar-refractivity contribution is 5.63. The van der Waals surface area contributed by atoms with Crippen LogP contribution in [0.4, 0.5) is 0 Å². The van der Waals surface area contributed by atoms with Crippen molar-refractivity contribution in [1.82, 2.24) is 10.1 Å². The Morgan fingerprint density at radius 1 is 1.54 bits per heavy atom. The number of aliphatic hydroxyl groups excluding tert-OH is 1. The molecule has 1 N–H and O–H groups in total. The summed E-state index contributed by atoms with van der Waals surface area (Å²) in [6, 6.07) is 0. The van der Waals surface area contributed by atoms with Gasteiger partial charge in [0.15, 0.2) is 0 Å². The minimum atomic E-state index is -0.108. The van der Waals surface area contributed by atoms with Crippen LogP contribution in [-0.2, 0) is 4.74 Å². The van der Waals surface area contributed by atoms with Crippen LogP contribution in [0.3, 0.4) is 0 Å². The van der Waals surface area contributed by atoms with Gasteiger partial charge in [-0.25, -0.2) is 0 Å². The Hall–Kier alpha value is -1.36. The number of nitrogens with zero attached hydrogens (tertiary/aromatic N) is 2. The van der Waals surface area contributed by atoms with Crippen LogP contribution in [0.1, 0.15) is 18.1 Å². The molecule has 0 radical (unpaired) electrons. The van der Waals surface area contributed by atoms with E-state index in [1.807, 2.05) is 0 Å². The molecule has 0 saturated heterocycles. The van der Waals surface area contributed by atoms with E-state index in [4.69, 9.17) is 14.4 Å². The van der Waals surface area contributed by atoms with Gasteiger partial charge in [0.2, 0.25) is 11.7 Å². The van der Waals surface area contributed by atoms with E-state index in [-0.39, 0.29) is 6.61 Å². The average molecular weight is 182 g/mol. The van der Waals surface area contributed by atoms with Crippen molar-refractivity contribution >= 4 is 5.57 Å². The molecule has 2 heterocycles. The summed E-state index contributed by atoms with van der Waals surface area (Å²) in [6.45, 7) is 2.20. The van der Waals surface area contributed by atoms with Gasteiger partial charge in [0, 0.05) is 18.9 Å². The van der Waals surface area contributed by atoms with Crippen LogP contribution in [-0.4, -0.2) is 28.5 Å². The van der Waals surface area contributed by atoms with E-state index in [0.717, 1.165) is 12.0 Å². The Bertz CT molecular complexity index is 343. The van der Waals surface area contributed by atoms with E-state index in [0.29, 0.717) is 24.1 Å². The van der Waals surface area contributed by atoms with E-state index < -0.39 is 0 Å². The van der Waals surface area contributed by atoms with E-state index in [1.54, 1.807) is 6.92 Å². The number of hydrogen-bond acceptors (Lipinski definition) is 5. The second-order valence-corrected chi connectivity index (χ2v) is 2.80. The van der Waals surface area contributed by atoms with Crippen LogP contribution < -0.4 is 0 Å². The summed E-state index contributed by atoms with van der Waals surface area (Å²) in [7, 11) is 0. The van der Waals surface area contributed by atoms with Crippen molar-refractivity contribution in [3.63, 3.8) is 0 Å². The molecule has 13 heavy (non-hydrogen) atoms. The van der Waals surface area contributed by atoms with Crippen molar-refractivity contribution in [2.45, 2.75) is 13.3 Å². The van der Waals surface area contributed by atoms with Crippen LogP contribution in [0, 0.1) is 6.92 Å². The molecule has 0 aromatic carbocycles. The lowest BCUT2D eigenvalue weighted by atomic mass is 10.2. The van der Waals surface area contributed by atoms with Gasteiger partial charge in [-0.05, 0) is 0 Å². The van der Waals surface area contributed by atoms with Crippen LogP contribution >= 0.6 is 0 Å². The number of aliphatic hydroxyl groups is 1. The lowest BCUT2D eigenvalue weighted by Gasteiger charge is -1.97. The van der Waals surface area contributed by atoms with Crippen LogP contribution in [0.2, 0.25) is 0 Å². The molecule has 0 saturated carbocycles. The maximum Gasteiger partial charge on any atom is 0.223 e. The van der Waals surface area contributed by atoms with E-state index >= 15 is 0 Å².